The Morgan fingerprint density at radius 1 is 1.42 bits per heavy atom. The van der Waals surface area contributed by atoms with Crippen LogP contribution in [0.25, 0.3) is 0 Å². The van der Waals surface area contributed by atoms with Gasteiger partial charge in [0.05, 0.1) is 0 Å². The van der Waals surface area contributed by atoms with Crippen LogP contribution in [0.1, 0.15) is 25.3 Å². The number of nitrogens with two attached hydrogens (primary N) is 1. The van der Waals surface area contributed by atoms with E-state index >= 15 is 0 Å². The molecule has 3 nitrogen and oxygen atoms in total. The molecule has 5 heteroatoms. The van der Waals surface area contributed by atoms with Crippen molar-refractivity contribution >= 4 is 34.7 Å². The number of benzene rings is 1. The lowest BCUT2D eigenvalue weighted by Crippen LogP contribution is -2.15. The quantitative estimate of drug-likeness (QED) is 0.416. The van der Waals surface area contributed by atoms with E-state index in [1.54, 1.807) is 18.9 Å². The van der Waals surface area contributed by atoms with E-state index < -0.39 is 0 Å². The molecule has 0 amide bonds. The smallest absolute Gasteiger partial charge is 0.107 e. The van der Waals surface area contributed by atoms with Crippen LogP contribution in [0.4, 0.5) is 5.69 Å². The zero-order chi connectivity index (χ0) is 14.1. The molecule has 1 aromatic carbocycles. The van der Waals surface area contributed by atoms with Crippen LogP contribution in [0.2, 0.25) is 0 Å². The fourth-order valence-electron chi connectivity index (χ4n) is 1.80. The van der Waals surface area contributed by atoms with E-state index in [0.29, 0.717) is 4.99 Å². The average Bonchev–Trinajstić information content (AvgIpc) is 2.38. The first kappa shape index (κ1) is 16.3. The monoisotopic (exact) mass is 298 g/mol. The summed E-state index contributed by atoms with van der Waals surface area (Å²) >= 11 is 6.94. The molecule has 0 saturated carbocycles. The minimum absolute atomic E-state index is 0.455. The lowest BCUT2D eigenvalue weighted by atomic mass is 10.1. The molecule has 0 aromatic heterocycles. The highest BCUT2D eigenvalue weighted by Gasteiger charge is 2.10. The summed E-state index contributed by atoms with van der Waals surface area (Å²) in [7, 11) is 1.73. The minimum atomic E-state index is 0.455. The highest BCUT2D eigenvalue weighted by Crippen LogP contribution is 2.28. The largest absolute Gasteiger partial charge is 0.389 e. The molecule has 0 spiro atoms. The predicted molar refractivity (Wildman–Crippen MR) is 88.3 cm³/mol. The highest BCUT2D eigenvalue weighted by atomic mass is 32.2. The summed E-state index contributed by atoms with van der Waals surface area (Å²) in [5, 5.41) is 3.42. The Morgan fingerprint density at radius 2 is 2.21 bits per heavy atom. The molecule has 0 aliphatic carbocycles. The number of anilines is 1. The maximum absolute atomic E-state index is 5.86. The summed E-state index contributed by atoms with van der Waals surface area (Å²) in [5.41, 5.74) is 7.86. The first-order valence-corrected chi connectivity index (χ1v) is 7.88. The van der Waals surface area contributed by atoms with E-state index in [9.17, 15) is 0 Å². The third kappa shape index (κ3) is 5.38. The lowest BCUT2D eigenvalue weighted by molar-refractivity contribution is 0.194. The van der Waals surface area contributed by atoms with Crippen molar-refractivity contribution < 1.29 is 4.74 Å². The van der Waals surface area contributed by atoms with Gasteiger partial charge in [-0.2, -0.15) is 0 Å². The Labute approximate surface area is 125 Å². The number of thioether (sulfide) groups is 1. The highest BCUT2D eigenvalue weighted by molar-refractivity contribution is 7.99. The Balaban J connectivity index is 2.70. The number of unbranched alkanes of at least 4 members (excludes halogenated alkanes) is 1. The van der Waals surface area contributed by atoms with E-state index in [-0.39, 0.29) is 0 Å². The molecular weight excluding hydrogens is 276 g/mol. The number of thiocarbonyl (C=S) groups is 1. The van der Waals surface area contributed by atoms with E-state index in [2.05, 4.69) is 18.3 Å². The Morgan fingerprint density at radius 3 is 2.84 bits per heavy atom. The molecule has 1 aromatic rings. The number of methoxy groups -OCH3 is 1. The van der Waals surface area contributed by atoms with Crippen molar-refractivity contribution in [3.05, 3.63) is 23.8 Å². The van der Waals surface area contributed by atoms with Crippen molar-refractivity contribution in [3.8, 4) is 0 Å². The summed E-state index contributed by atoms with van der Waals surface area (Å²) in [4.78, 5) is 1.60. The minimum Gasteiger partial charge on any atom is -0.389 e. The standard InChI is InChI=1S/C14H22N2OS2/c1-3-19-12-8-6-7-11(13(12)14(15)18)16-9-4-5-10-17-2/h6-8,16H,3-5,9-10H2,1-2H3,(H2,15,18). The predicted octanol–water partition coefficient (Wildman–Crippen LogP) is 3.27. The zero-order valence-corrected chi connectivity index (χ0v) is 13.2. The van der Waals surface area contributed by atoms with Crippen LogP contribution in [0, 0.1) is 0 Å². The number of rotatable bonds is 9. The van der Waals surface area contributed by atoms with Crippen molar-refractivity contribution in [2.45, 2.75) is 24.7 Å². The maximum atomic E-state index is 5.86. The molecule has 0 aliphatic heterocycles. The van der Waals surface area contributed by atoms with Crippen LogP contribution in [0.3, 0.4) is 0 Å². The lowest BCUT2D eigenvalue weighted by Gasteiger charge is -2.14. The number of ether oxygens (including phenoxy) is 1. The number of nitrogens with one attached hydrogen (secondary N) is 1. The molecular formula is C14H22N2OS2. The van der Waals surface area contributed by atoms with E-state index in [4.69, 9.17) is 22.7 Å². The van der Waals surface area contributed by atoms with Gasteiger partial charge in [-0.25, -0.2) is 0 Å². The van der Waals surface area contributed by atoms with Crippen LogP contribution < -0.4 is 11.1 Å². The maximum Gasteiger partial charge on any atom is 0.107 e. The first-order chi connectivity index (χ1) is 9.20. The summed E-state index contributed by atoms with van der Waals surface area (Å²) in [6.07, 6.45) is 2.12. The van der Waals surface area contributed by atoms with Gasteiger partial charge in [-0.3, -0.25) is 0 Å². The molecule has 0 bridgehead atoms. The zero-order valence-electron chi connectivity index (χ0n) is 11.6. The number of hydrogen-bond donors (Lipinski definition) is 2. The summed E-state index contributed by atoms with van der Waals surface area (Å²) in [6.45, 7) is 3.83. The van der Waals surface area contributed by atoms with E-state index in [0.717, 1.165) is 47.9 Å². The van der Waals surface area contributed by atoms with Crippen LogP contribution in [-0.4, -0.2) is 31.0 Å². The molecule has 0 atom stereocenters. The van der Waals surface area contributed by atoms with Crippen LogP contribution >= 0.6 is 24.0 Å². The molecule has 19 heavy (non-hydrogen) atoms. The second kappa shape index (κ2) is 9.18. The molecule has 1 rings (SSSR count). The fraction of sp³-hybridized carbons (Fsp3) is 0.500. The topological polar surface area (TPSA) is 47.3 Å². The van der Waals surface area contributed by atoms with Crippen LogP contribution in [0.15, 0.2) is 23.1 Å². The van der Waals surface area contributed by atoms with Gasteiger partial charge in [0.1, 0.15) is 4.99 Å². The molecule has 3 N–H and O–H groups in total. The normalized spacial score (nSPS) is 10.4. The second-order valence-corrected chi connectivity index (χ2v) is 5.85. The van der Waals surface area contributed by atoms with Crippen molar-refractivity contribution in [1.29, 1.82) is 0 Å². The van der Waals surface area contributed by atoms with Crippen LogP contribution in [-0.2, 0) is 4.74 Å². The Bertz CT molecular complexity index is 410. The third-order valence-electron chi connectivity index (χ3n) is 2.66. The van der Waals surface area contributed by atoms with Crippen molar-refractivity contribution in [1.82, 2.24) is 0 Å². The van der Waals surface area contributed by atoms with Gasteiger partial charge in [-0.05, 0) is 30.7 Å². The van der Waals surface area contributed by atoms with E-state index in [1.165, 1.54) is 0 Å². The molecule has 106 valence electrons. The summed E-state index contributed by atoms with van der Waals surface area (Å²) < 4.78 is 5.04. The van der Waals surface area contributed by atoms with Gasteiger partial charge in [0.25, 0.3) is 0 Å². The van der Waals surface area contributed by atoms with Gasteiger partial charge in [0.15, 0.2) is 0 Å². The van der Waals surface area contributed by atoms with Gasteiger partial charge in [-0.1, -0.05) is 25.2 Å². The molecule has 0 unspecified atom stereocenters. The van der Waals surface area contributed by atoms with Gasteiger partial charge in [0.2, 0.25) is 0 Å². The molecule has 0 heterocycles. The second-order valence-electron chi connectivity index (χ2n) is 4.10. The SMILES string of the molecule is CCSc1cccc(NCCCCOC)c1C(N)=S. The van der Waals surface area contributed by atoms with Crippen LogP contribution in [0.5, 0.6) is 0 Å². The van der Waals surface area contributed by atoms with Gasteiger partial charge in [0, 0.05) is 36.4 Å². The molecule has 0 fully saturated rings. The van der Waals surface area contributed by atoms with Crippen molar-refractivity contribution in [2.24, 2.45) is 5.73 Å². The number of hydrogen-bond acceptors (Lipinski definition) is 4. The summed E-state index contributed by atoms with van der Waals surface area (Å²) in [5.74, 6) is 1.01. The van der Waals surface area contributed by atoms with Crippen molar-refractivity contribution in [3.63, 3.8) is 0 Å². The van der Waals surface area contributed by atoms with Gasteiger partial charge < -0.3 is 15.8 Å². The summed E-state index contributed by atoms with van der Waals surface area (Å²) in [6, 6.07) is 6.14. The van der Waals surface area contributed by atoms with Gasteiger partial charge >= 0.3 is 0 Å². The average molecular weight is 298 g/mol. The van der Waals surface area contributed by atoms with Crippen molar-refractivity contribution in [2.75, 3.05) is 31.3 Å². The Hall–Kier alpha value is -0.780. The fourth-order valence-corrected chi connectivity index (χ4v) is 2.94. The first-order valence-electron chi connectivity index (χ1n) is 6.49. The molecule has 0 aliphatic rings. The molecule has 0 radical (unpaired) electrons. The van der Waals surface area contributed by atoms with E-state index in [1.807, 2.05) is 12.1 Å². The van der Waals surface area contributed by atoms with Gasteiger partial charge in [-0.15, -0.1) is 11.8 Å². The molecule has 0 saturated heterocycles. The Kier molecular flexibility index (Phi) is 7.86. The third-order valence-corrected chi connectivity index (χ3v) is 3.81.